The molecule has 292 valence electrons. The van der Waals surface area contributed by atoms with Gasteiger partial charge in [-0.05, 0) is 55.8 Å². The fourth-order valence-corrected chi connectivity index (χ4v) is 6.62. The van der Waals surface area contributed by atoms with Crippen LogP contribution in [0, 0.1) is 0 Å². The minimum Gasteiger partial charge on any atom is -0.467 e. The zero-order valence-electron chi connectivity index (χ0n) is 32.1. The third kappa shape index (κ3) is 12.9. The zero-order valence-corrected chi connectivity index (χ0v) is 33.1. The van der Waals surface area contributed by atoms with E-state index in [9.17, 15) is 20.2 Å². The SMILES string of the molecule is CCCCOCC1O[C@@H](CC(C)(C)[Si](C)(C)O)[C@@H](N=[N+]=[N-])C(OCCCC)[C@@H]1O[C@@H]1OC(C(=O)OC)[C@@H](OCCCC)C(OCCCC)[C@@H]1O. The van der Waals surface area contributed by atoms with Crippen molar-refractivity contribution in [2.75, 3.05) is 40.1 Å². The van der Waals surface area contributed by atoms with Crippen LogP contribution in [-0.4, -0.2) is 125 Å². The number of unbranched alkanes of at least 4 members (excludes halogenated alkanes) is 4. The molecule has 2 fully saturated rings. The second-order valence-electron chi connectivity index (χ2n) is 14.6. The lowest BCUT2D eigenvalue weighted by molar-refractivity contribution is -0.340. The monoisotopic (exact) mass is 733 g/mol. The van der Waals surface area contributed by atoms with Crippen LogP contribution < -0.4 is 0 Å². The number of nitrogens with zero attached hydrogens (tertiary/aromatic N) is 3. The molecule has 2 N–H and O–H groups in total. The van der Waals surface area contributed by atoms with Crippen molar-refractivity contribution in [2.45, 2.75) is 179 Å². The number of methoxy groups -OCH3 is 1. The molecule has 4 unspecified atom stereocenters. The van der Waals surface area contributed by atoms with Gasteiger partial charge in [-0.15, -0.1) is 0 Å². The van der Waals surface area contributed by atoms with E-state index in [4.69, 9.17) is 37.9 Å². The van der Waals surface area contributed by atoms with E-state index in [1.807, 2.05) is 47.7 Å². The molecule has 2 aliphatic heterocycles. The minimum atomic E-state index is -2.70. The van der Waals surface area contributed by atoms with Gasteiger partial charge in [-0.25, -0.2) is 4.79 Å². The molecule has 10 atom stereocenters. The molecule has 0 radical (unpaired) electrons. The summed E-state index contributed by atoms with van der Waals surface area (Å²) in [6.07, 6.45) is -2.05. The van der Waals surface area contributed by atoms with Crippen LogP contribution in [-0.2, 0) is 42.7 Å². The summed E-state index contributed by atoms with van der Waals surface area (Å²) in [7, 11) is -1.43. The Morgan fingerprint density at radius 3 is 1.90 bits per heavy atom. The van der Waals surface area contributed by atoms with Crippen molar-refractivity contribution in [3.8, 4) is 0 Å². The van der Waals surface area contributed by atoms with Gasteiger partial charge in [0, 0.05) is 31.3 Å². The van der Waals surface area contributed by atoms with Crippen LogP contribution in [0.2, 0.25) is 18.1 Å². The molecule has 2 saturated heterocycles. The van der Waals surface area contributed by atoms with Crippen molar-refractivity contribution in [2.24, 2.45) is 5.11 Å². The predicted molar refractivity (Wildman–Crippen MR) is 191 cm³/mol. The van der Waals surface area contributed by atoms with Gasteiger partial charge in [0.05, 0.1) is 32.0 Å². The van der Waals surface area contributed by atoms with Crippen molar-refractivity contribution in [1.29, 1.82) is 0 Å². The lowest BCUT2D eigenvalue weighted by Crippen LogP contribution is -2.66. The fraction of sp³-hybridized carbons (Fsp3) is 0.971. The van der Waals surface area contributed by atoms with Crippen molar-refractivity contribution >= 4 is 14.3 Å². The van der Waals surface area contributed by atoms with Gasteiger partial charge in [0.15, 0.2) is 20.7 Å². The molecular formula is C35H67N3O11Si. The van der Waals surface area contributed by atoms with Crippen LogP contribution in [0.25, 0.3) is 10.4 Å². The molecule has 15 heteroatoms. The Bertz CT molecular complexity index is 1010. The zero-order chi connectivity index (χ0) is 37.3. The van der Waals surface area contributed by atoms with Gasteiger partial charge >= 0.3 is 5.97 Å². The van der Waals surface area contributed by atoms with Gasteiger partial charge in [-0.3, -0.25) is 0 Å². The number of azide groups is 1. The molecule has 14 nitrogen and oxygen atoms in total. The summed E-state index contributed by atoms with van der Waals surface area (Å²) in [5.41, 5.74) is 9.77. The first-order valence-electron chi connectivity index (χ1n) is 18.7. The van der Waals surface area contributed by atoms with E-state index in [0.29, 0.717) is 32.8 Å². The molecule has 0 amide bonds. The molecule has 0 spiro atoms. The second-order valence-corrected chi connectivity index (χ2v) is 19.1. The minimum absolute atomic E-state index is 0.126. The molecule has 2 heterocycles. The van der Waals surface area contributed by atoms with E-state index >= 15 is 0 Å². The van der Waals surface area contributed by atoms with Crippen LogP contribution in [0.3, 0.4) is 0 Å². The topological polar surface area (TPSA) is 180 Å². The number of hydrogen-bond acceptors (Lipinski definition) is 12. The van der Waals surface area contributed by atoms with Crippen molar-refractivity contribution in [3.63, 3.8) is 0 Å². The van der Waals surface area contributed by atoms with Crippen molar-refractivity contribution < 1.29 is 52.6 Å². The molecule has 2 rings (SSSR count). The standard InChI is InChI=1S/C35H67N3O11Si/c1-10-14-18-43-23-25-28(29(44-19-15-11-2)26(37-38-36)24(47-25)22-35(5,6)50(8,9)41)48-34-27(39)30(45-20-16-12-3)31(46-21-17-13-4)32(49-34)33(40)42-7/h24-32,34,39,41H,10-23H2,1-9H3/t24-,25?,26+,27-,28+,29?,30?,31-,32?,34+/m0/s1. The van der Waals surface area contributed by atoms with Crippen molar-refractivity contribution in [1.82, 2.24) is 0 Å². The maximum absolute atomic E-state index is 13.2. The summed E-state index contributed by atoms with van der Waals surface area (Å²) >= 11 is 0. The van der Waals surface area contributed by atoms with E-state index in [2.05, 4.69) is 16.9 Å². The molecule has 2 aliphatic rings. The number of rotatable bonds is 24. The van der Waals surface area contributed by atoms with Gasteiger partial charge in [-0.1, -0.05) is 72.3 Å². The third-order valence-electron chi connectivity index (χ3n) is 9.90. The third-order valence-corrected chi connectivity index (χ3v) is 13.4. The highest BCUT2D eigenvalue weighted by Crippen LogP contribution is 2.44. The second kappa shape index (κ2) is 22.6. The predicted octanol–water partition coefficient (Wildman–Crippen LogP) is 5.82. The number of aliphatic hydroxyl groups excluding tert-OH is 1. The van der Waals surface area contributed by atoms with Crippen LogP contribution in [0.1, 0.15) is 99.3 Å². The van der Waals surface area contributed by atoms with E-state index in [1.54, 1.807) is 0 Å². The molecule has 0 bridgehead atoms. The van der Waals surface area contributed by atoms with Gasteiger partial charge in [0.25, 0.3) is 0 Å². The summed E-state index contributed by atoms with van der Waals surface area (Å²) in [4.78, 5) is 27.5. The average Bonchev–Trinajstić information content (AvgIpc) is 3.07. The number of aliphatic hydroxyl groups is 1. The largest absolute Gasteiger partial charge is 0.467 e. The Kier molecular flexibility index (Phi) is 20.3. The van der Waals surface area contributed by atoms with E-state index < -0.39 is 80.5 Å². The highest BCUT2D eigenvalue weighted by Gasteiger charge is 2.55. The quantitative estimate of drug-likeness (QED) is 0.0305. The number of ether oxygens (including phenoxy) is 8. The molecule has 0 aromatic carbocycles. The van der Waals surface area contributed by atoms with Crippen LogP contribution in [0.5, 0.6) is 0 Å². The van der Waals surface area contributed by atoms with Gasteiger partial charge < -0.3 is 47.8 Å². The lowest BCUT2D eigenvalue weighted by Gasteiger charge is -2.50. The molecule has 0 aromatic rings. The molecular weight excluding hydrogens is 666 g/mol. The first-order chi connectivity index (χ1) is 23.8. The Morgan fingerprint density at radius 1 is 0.840 bits per heavy atom. The lowest BCUT2D eigenvalue weighted by atomic mass is 9.88. The first kappa shape index (κ1) is 44.8. The smallest absolute Gasteiger partial charge is 0.337 e. The molecule has 0 saturated carbocycles. The molecule has 0 aliphatic carbocycles. The van der Waals surface area contributed by atoms with E-state index in [-0.39, 0.29) is 6.61 Å². The van der Waals surface area contributed by atoms with Crippen molar-refractivity contribution in [3.05, 3.63) is 10.4 Å². The number of carbonyl (C=O) groups excluding carboxylic acids is 1. The van der Waals surface area contributed by atoms with Gasteiger partial charge in [0.1, 0.15) is 30.5 Å². The number of hydrogen-bond donors (Lipinski definition) is 2. The highest BCUT2D eigenvalue weighted by molar-refractivity contribution is 6.72. The Labute approximate surface area is 300 Å². The summed E-state index contributed by atoms with van der Waals surface area (Å²) in [5, 5.41) is 15.5. The Morgan fingerprint density at radius 2 is 1.38 bits per heavy atom. The van der Waals surface area contributed by atoms with Crippen LogP contribution >= 0.6 is 0 Å². The first-order valence-corrected chi connectivity index (χ1v) is 21.7. The summed E-state index contributed by atoms with van der Waals surface area (Å²) in [6.45, 7) is 17.6. The summed E-state index contributed by atoms with van der Waals surface area (Å²) in [6, 6.07) is -0.844. The van der Waals surface area contributed by atoms with Gasteiger partial charge in [-0.2, -0.15) is 0 Å². The number of carbonyl (C=O) groups is 1. The average molecular weight is 734 g/mol. The normalized spacial score (nSPS) is 30.5. The molecule has 0 aromatic heterocycles. The van der Waals surface area contributed by atoms with Crippen LogP contribution in [0.4, 0.5) is 0 Å². The van der Waals surface area contributed by atoms with E-state index in [1.165, 1.54) is 7.11 Å². The maximum Gasteiger partial charge on any atom is 0.337 e. The Hall–Kier alpha value is -1.36. The fourth-order valence-electron chi connectivity index (χ4n) is 5.92. The summed E-state index contributed by atoms with van der Waals surface area (Å²) in [5.74, 6) is -0.684. The Balaban J connectivity index is 2.60. The van der Waals surface area contributed by atoms with Crippen LogP contribution in [0.15, 0.2) is 5.11 Å². The highest BCUT2D eigenvalue weighted by atomic mass is 28.4. The summed E-state index contributed by atoms with van der Waals surface area (Å²) < 4.78 is 49.6. The number of esters is 1. The maximum atomic E-state index is 13.2. The molecule has 50 heavy (non-hydrogen) atoms. The van der Waals surface area contributed by atoms with E-state index in [0.717, 1.165) is 51.4 Å². The van der Waals surface area contributed by atoms with Gasteiger partial charge in [0.2, 0.25) is 0 Å².